The van der Waals surface area contributed by atoms with E-state index in [1.54, 1.807) is 29.9 Å². The zero-order chi connectivity index (χ0) is 18.1. The number of esters is 1. The predicted molar refractivity (Wildman–Crippen MR) is 95.8 cm³/mol. The van der Waals surface area contributed by atoms with Crippen LogP contribution in [0.3, 0.4) is 0 Å². The van der Waals surface area contributed by atoms with Gasteiger partial charge in [-0.3, -0.25) is 0 Å². The van der Waals surface area contributed by atoms with E-state index in [0.717, 1.165) is 10.9 Å². The lowest BCUT2D eigenvalue weighted by Gasteiger charge is -2.13. The van der Waals surface area contributed by atoms with Gasteiger partial charge in [-0.1, -0.05) is 13.8 Å². The molecule has 5 nitrogen and oxygen atoms in total. The average molecular weight is 339 g/mol. The molecule has 0 amide bonds. The van der Waals surface area contributed by atoms with Crippen molar-refractivity contribution in [3.8, 4) is 0 Å². The van der Waals surface area contributed by atoms with E-state index >= 15 is 0 Å². The molecule has 5 heteroatoms. The summed E-state index contributed by atoms with van der Waals surface area (Å²) in [7, 11) is 1.78. The SMILES string of the molecule is Cc1cc2oc(=O)cc(COC(=O)c3cccn3C)c2cc1C(C)C. The van der Waals surface area contributed by atoms with Crippen LogP contribution in [0.1, 0.15) is 46.9 Å². The molecule has 1 aromatic carbocycles. The molecule has 0 bridgehead atoms. The molecular weight excluding hydrogens is 318 g/mol. The topological polar surface area (TPSA) is 61.4 Å². The zero-order valence-corrected chi connectivity index (χ0v) is 14.8. The first-order chi connectivity index (χ1) is 11.9. The summed E-state index contributed by atoms with van der Waals surface area (Å²) in [4.78, 5) is 24.1. The summed E-state index contributed by atoms with van der Waals surface area (Å²) in [5.74, 6) is -0.0832. The normalized spacial score (nSPS) is 11.2. The summed E-state index contributed by atoms with van der Waals surface area (Å²) in [5.41, 5.74) is 3.43. The van der Waals surface area contributed by atoms with Crippen LogP contribution in [0.15, 0.2) is 45.7 Å². The van der Waals surface area contributed by atoms with Gasteiger partial charge in [-0.15, -0.1) is 0 Å². The van der Waals surface area contributed by atoms with Crippen molar-refractivity contribution < 1.29 is 13.9 Å². The maximum atomic E-state index is 12.2. The maximum Gasteiger partial charge on any atom is 0.355 e. The minimum Gasteiger partial charge on any atom is -0.456 e. The third-order valence-electron chi connectivity index (χ3n) is 4.35. The third kappa shape index (κ3) is 3.36. The van der Waals surface area contributed by atoms with E-state index in [4.69, 9.17) is 9.15 Å². The molecule has 0 unspecified atom stereocenters. The van der Waals surface area contributed by atoms with Crippen LogP contribution in [0.5, 0.6) is 0 Å². The molecule has 2 heterocycles. The lowest BCUT2D eigenvalue weighted by Crippen LogP contribution is -2.11. The Morgan fingerprint density at radius 2 is 2.04 bits per heavy atom. The van der Waals surface area contributed by atoms with Gasteiger partial charge in [-0.25, -0.2) is 9.59 Å². The van der Waals surface area contributed by atoms with Crippen LogP contribution < -0.4 is 5.63 Å². The first kappa shape index (κ1) is 17.0. The van der Waals surface area contributed by atoms with E-state index in [-0.39, 0.29) is 6.61 Å². The molecule has 0 N–H and O–H groups in total. The second-order valence-corrected chi connectivity index (χ2v) is 6.53. The molecule has 0 spiro atoms. The summed E-state index contributed by atoms with van der Waals surface area (Å²) >= 11 is 0. The number of hydrogen-bond donors (Lipinski definition) is 0. The third-order valence-corrected chi connectivity index (χ3v) is 4.35. The summed E-state index contributed by atoms with van der Waals surface area (Å²) < 4.78 is 12.4. The number of benzene rings is 1. The van der Waals surface area contributed by atoms with Gasteiger partial charge in [-0.05, 0) is 48.2 Å². The molecule has 0 radical (unpaired) electrons. The van der Waals surface area contributed by atoms with Gasteiger partial charge in [0.25, 0.3) is 0 Å². The lowest BCUT2D eigenvalue weighted by molar-refractivity contribution is 0.0462. The Kier molecular flexibility index (Phi) is 4.49. The lowest BCUT2D eigenvalue weighted by atomic mass is 9.95. The van der Waals surface area contributed by atoms with Crippen molar-refractivity contribution in [3.63, 3.8) is 0 Å². The molecule has 2 aromatic heterocycles. The van der Waals surface area contributed by atoms with Gasteiger partial charge in [0.05, 0.1) is 0 Å². The van der Waals surface area contributed by atoms with Crippen LogP contribution in [0.25, 0.3) is 11.0 Å². The van der Waals surface area contributed by atoms with Crippen molar-refractivity contribution in [2.75, 3.05) is 0 Å². The molecule has 0 fully saturated rings. The average Bonchev–Trinajstić information content (AvgIpc) is 2.97. The molecule has 0 aliphatic heterocycles. The van der Waals surface area contributed by atoms with Crippen LogP contribution in [0, 0.1) is 6.92 Å². The molecule has 0 saturated carbocycles. The van der Waals surface area contributed by atoms with Crippen molar-refractivity contribution in [1.82, 2.24) is 4.57 Å². The number of carbonyl (C=O) groups excluding carboxylic acids is 1. The smallest absolute Gasteiger partial charge is 0.355 e. The standard InChI is InChI=1S/C20H21NO4/c1-12(2)15-10-16-14(9-19(22)25-18(16)8-13(15)3)11-24-20(23)17-6-5-7-21(17)4/h5-10,12H,11H2,1-4H3. The Morgan fingerprint density at radius 1 is 1.28 bits per heavy atom. The Bertz CT molecular complexity index is 995. The van der Waals surface area contributed by atoms with Crippen molar-refractivity contribution in [3.05, 3.63) is 69.3 Å². The number of nitrogens with zero attached hydrogens (tertiary/aromatic N) is 1. The highest BCUT2D eigenvalue weighted by Gasteiger charge is 2.14. The van der Waals surface area contributed by atoms with Gasteiger partial charge in [0.1, 0.15) is 17.9 Å². The van der Waals surface area contributed by atoms with Crippen LogP contribution in [-0.2, 0) is 18.4 Å². The fraction of sp³-hybridized carbons (Fsp3) is 0.300. The number of carbonyl (C=O) groups is 1. The van der Waals surface area contributed by atoms with E-state index in [0.29, 0.717) is 22.8 Å². The van der Waals surface area contributed by atoms with Gasteiger partial charge >= 0.3 is 11.6 Å². The van der Waals surface area contributed by atoms with Crippen LogP contribution >= 0.6 is 0 Å². The van der Waals surface area contributed by atoms with Crippen molar-refractivity contribution in [1.29, 1.82) is 0 Å². The second-order valence-electron chi connectivity index (χ2n) is 6.53. The van der Waals surface area contributed by atoms with Crippen LogP contribution in [-0.4, -0.2) is 10.5 Å². The maximum absolute atomic E-state index is 12.2. The minimum absolute atomic E-state index is 0.0205. The first-order valence-corrected chi connectivity index (χ1v) is 8.22. The first-order valence-electron chi connectivity index (χ1n) is 8.22. The van der Waals surface area contributed by atoms with Crippen LogP contribution in [0.4, 0.5) is 0 Å². The van der Waals surface area contributed by atoms with Gasteiger partial charge in [0.15, 0.2) is 0 Å². The quantitative estimate of drug-likeness (QED) is 0.534. The predicted octanol–water partition coefficient (Wildman–Crippen LogP) is 3.92. The molecule has 3 rings (SSSR count). The minimum atomic E-state index is -0.450. The number of hydrogen-bond acceptors (Lipinski definition) is 4. The van der Waals surface area contributed by atoms with Gasteiger partial charge in [0.2, 0.25) is 0 Å². The summed E-state index contributed by atoms with van der Waals surface area (Å²) in [6.45, 7) is 6.24. The van der Waals surface area contributed by atoms with Crippen molar-refractivity contribution >= 4 is 16.9 Å². The van der Waals surface area contributed by atoms with E-state index in [2.05, 4.69) is 13.8 Å². The van der Waals surface area contributed by atoms with Gasteiger partial charge in [0, 0.05) is 30.3 Å². The van der Waals surface area contributed by atoms with Gasteiger partial charge in [-0.2, -0.15) is 0 Å². The Balaban J connectivity index is 1.97. The number of aromatic nitrogens is 1. The Morgan fingerprint density at radius 3 is 2.68 bits per heavy atom. The van der Waals surface area contributed by atoms with E-state index in [9.17, 15) is 9.59 Å². The summed E-state index contributed by atoms with van der Waals surface area (Å²) in [6.07, 6.45) is 1.78. The highest BCUT2D eigenvalue weighted by Crippen LogP contribution is 2.27. The largest absolute Gasteiger partial charge is 0.456 e. The summed E-state index contributed by atoms with van der Waals surface area (Å²) in [6, 6.07) is 8.75. The molecule has 0 aliphatic rings. The molecule has 0 atom stereocenters. The molecule has 25 heavy (non-hydrogen) atoms. The summed E-state index contributed by atoms with van der Waals surface area (Å²) in [5, 5.41) is 0.800. The van der Waals surface area contributed by atoms with E-state index in [1.165, 1.54) is 11.6 Å². The van der Waals surface area contributed by atoms with Gasteiger partial charge < -0.3 is 13.7 Å². The molecule has 0 aliphatic carbocycles. The highest BCUT2D eigenvalue weighted by atomic mass is 16.5. The van der Waals surface area contributed by atoms with E-state index in [1.807, 2.05) is 19.1 Å². The monoisotopic (exact) mass is 339 g/mol. The Hall–Kier alpha value is -2.82. The fourth-order valence-electron chi connectivity index (χ4n) is 3.02. The molecular formula is C20H21NO4. The van der Waals surface area contributed by atoms with Crippen LogP contribution in [0.2, 0.25) is 0 Å². The number of fused-ring (bicyclic) bond motifs is 1. The number of aryl methyl sites for hydroxylation is 2. The Labute approximate surface area is 145 Å². The molecule has 130 valence electrons. The van der Waals surface area contributed by atoms with E-state index < -0.39 is 11.6 Å². The van der Waals surface area contributed by atoms with Crippen molar-refractivity contribution in [2.24, 2.45) is 7.05 Å². The zero-order valence-electron chi connectivity index (χ0n) is 14.8. The molecule has 0 saturated heterocycles. The number of rotatable bonds is 4. The number of ether oxygens (including phenoxy) is 1. The highest BCUT2D eigenvalue weighted by molar-refractivity contribution is 5.88. The fourth-order valence-corrected chi connectivity index (χ4v) is 3.02. The molecule has 3 aromatic rings. The van der Waals surface area contributed by atoms with Crippen molar-refractivity contribution in [2.45, 2.75) is 33.3 Å². The second kappa shape index (κ2) is 6.59.